The average molecular weight is 1080 g/mol. The predicted octanol–water partition coefficient (Wildman–Crippen LogP) is 19.2. The quantitative estimate of drug-likeness (QED) is 0.164. The molecule has 2 unspecified atom stereocenters. The van der Waals surface area contributed by atoms with Gasteiger partial charge < -0.3 is 18.8 Å². The smallest absolute Gasteiger partial charge is 0.252 e. The SMILES string of the molecule is Cc1cc(C(C)(C)C)ccc1-c1cc2c3c(c1)C1(C)CCCCC1(C)N3c1cc(N(c3ccc4c(c3)C(C)(C)CCC4(C)C)c3ccc4c(c3)C(C)(C)CCC4(C)C)cc3c1B2c1cc(C(C)(C)C)cc2c4oc5ccccc5c4n-3c12. The Kier molecular flexibility index (Phi) is 10.5. The molecule has 2 atom stereocenters. The minimum Gasteiger partial charge on any atom is -0.454 e. The van der Waals surface area contributed by atoms with Crippen molar-refractivity contribution in [2.75, 3.05) is 9.80 Å². The van der Waals surface area contributed by atoms with Gasteiger partial charge in [0, 0.05) is 44.6 Å². The van der Waals surface area contributed by atoms with Crippen molar-refractivity contribution in [3.63, 3.8) is 0 Å². The molecule has 2 aromatic heterocycles. The Morgan fingerprint density at radius 3 is 1.72 bits per heavy atom. The van der Waals surface area contributed by atoms with E-state index >= 15 is 0 Å². The fourth-order valence-corrected chi connectivity index (χ4v) is 17.3. The highest BCUT2D eigenvalue weighted by Gasteiger charge is 2.61. The third-order valence-electron chi connectivity index (χ3n) is 22.9. The van der Waals surface area contributed by atoms with Crippen LogP contribution < -0.4 is 26.2 Å². The van der Waals surface area contributed by atoms with E-state index in [2.05, 4.69) is 247 Å². The van der Waals surface area contributed by atoms with Gasteiger partial charge in [-0.25, -0.2) is 0 Å². The first-order valence-corrected chi connectivity index (χ1v) is 31.4. The lowest BCUT2D eigenvalue weighted by Crippen LogP contribution is -2.64. The molecule has 5 heteroatoms. The number of hydrogen-bond acceptors (Lipinski definition) is 3. The average Bonchev–Trinajstić information content (AvgIpc) is 1.50. The lowest BCUT2D eigenvalue weighted by molar-refractivity contribution is 0.195. The van der Waals surface area contributed by atoms with Gasteiger partial charge in [0.05, 0.1) is 16.7 Å². The van der Waals surface area contributed by atoms with Crippen molar-refractivity contribution in [1.82, 2.24) is 4.57 Å². The van der Waals surface area contributed by atoms with Crippen molar-refractivity contribution in [1.29, 1.82) is 0 Å². The molecule has 0 radical (unpaired) electrons. The molecule has 0 saturated heterocycles. The molecular weight excluding hydrogens is 994 g/mol. The van der Waals surface area contributed by atoms with E-state index in [0.29, 0.717) is 0 Å². The van der Waals surface area contributed by atoms with Gasteiger partial charge in [-0.1, -0.05) is 171 Å². The molecule has 9 aromatic rings. The molecule has 4 nitrogen and oxygen atoms in total. The molecule has 0 N–H and O–H groups in total. The molecule has 1 fully saturated rings. The van der Waals surface area contributed by atoms with Crippen molar-refractivity contribution in [3.8, 4) is 16.8 Å². The predicted molar refractivity (Wildman–Crippen MR) is 351 cm³/mol. The Balaban J connectivity index is 1.10. The molecule has 6 aliphatic rings. The van der Waals surface area contributed by atoms with E-state index in [1.54, 1.807) is 0 Å². The lowest BCUT2D eigenvalue weighted by atomic mass is 9.33. The molecule has 82 heavy (non-hydrogen) atoms. The molecule has 1 saturated carbocycles. The van der Waals surface area contributed by atoms with E-state index in [9.17, 15) is 0 Å². The molecule has 5 heterocycles. The fraction of sp³-hybridized carbons (Fsp3) is 0.429. The maximum absolute atomic E-state index is 7.23. The Morgan fingerprint density at radius 2 is 1.10 bits per heavy atom. The minimum absolute atomic E-state index is 0.0277. The second kappa shape index (κ2) is 16.5. The van der Waals surface area contributed by atoms with Gasteiger partial charge in [0.15, 0.2) is 5.58 Å². The van der Waals surface area contributed by atoms with Crippen LogP contribution in [0, 0.1) is 6.92 Å². The van der Waals surface area contributed by atoms with E-state index in [1.165, 1.54) is 148 Å². The van der Waals surface area contributed by atoms with Crippen LogP contribution in [0.3, 0.4) is 0 Å². The monoisotopic (exact) mass is 1080 g/mol. The Labute approximate surface area is 489 Å². The third-order valence-corrected chi connectivity index (χ3v) is 22.9. The number of hydrogen-bond donors (Lipinski definition) is 0. The van der Waals surface area contributed by atoms with Crippen molar-refractivity contribution < 1.29 is 4.42 Å². The summed E-state index contributed by atoms with van der Waals surface area (Å²) in [7, 11) is 0. The number of furan rings is 1. The zero-order valence-electron chi connectivity index (χ0n) is 52.5. The summed E-state index contributed by atoms with van der Waals surface area (Å²) in [6.45, 7) is 41.6. The largest absolute Gasteiger partial charge is 0.454 e. The maximum Gasteiger partial charge on any atom is 0.252 e. The highest BCUT2D eigenvalue weighted by atomic mass is 16.3. The van der Waals surface area contributed by atoms with Crippen LogP contribution in [0.25, 0.3) is 49.8 Å². The summed E-state index contributed by atoms with van der Waals surface area (Å²) in [6, 6.07) is 47.0. The molecule has 0 bridgehead atoms. The number of para-hydroxylation sites is 1. The molecule has 15 rings (SSSR count). The normalized spacial score (nSPS) is 22.3. The van der Waals surface area contributed by atoms with Crippen LogP contribution in [0.1, 0.15) is 207 Å². The van der Waals surface area contributed by atoms with Crippen LogP contribution in [0.5, 0.6) is 0 Å². The highest BCUT2D eigenvalue weighted by molar-refractivity contribution is 7.00. The molecule has 418 valence electrons. The summed E-state index contributed by atoms with van der Waals surface area (Å²) in [5, 5.41) is 2.37. The van der Waals surface area contributed by atoms with Crippen LogP contribution in [-0.2, 0) is 37.9 Å². The Morgan fingerprint density at radius 1 is 0.500 bits per heavy atom. The molecule has 3 aliphatic heterocycles. The van der Waals surface area contributed by atoms with Crippen LogP contribution in [0.4, 0.5) is 28.4 Å². The number of fused-ring (bicyclic) bond motifs is 14. The van der Waals surface area contributed by atoms with Gasteiger partial charge >= 0.3 is 0 Å². The molecule has 0 spiro atoms. The summed E-state index contributed by atoms with van der Waals surface area (Å²) in [6.07, 6.45) is 9.42. The Bertz CT molecular complexity index is 4190. The summed E-state index contributed by atoms with van der Waals surface area (Å²) < 4.78 is 9.92. The number of aromatic nitrogens is 1. The van der Waals surface area contributed by atoms with Crippen molar-refractivity contribution >= 4 is 84.5 Å². The zero-order valence-corrected chi connectivity index (χ0v) is 52.5. The molecule has 7 aromatic carbocycles. The molecular formula is C77H86BN3O. The van der Waals surface area contributed by atoms with E-state index < -0.39 is 0 Å². The van der Waals surface area contributed by atoms with Crippen molar-refractivity contribution in [2.24, 2.45) is 0 Å². The molecule has 0 amide bonds. The van der Waals surface area contributed by atoms with Gasteiger partial charge in [-0.05, 0) is 218 Å². The second-order valence-corrected chi connectivity index (χ2v) is 31.9. The van der Waals surface area contributed by atoms with Crippen molar-refractivity contribution in [2.45, 2.75) is 213 Å². The summed E-state index contributed by atoms with van der Waals surface area (Å²) in [4.78, 5) is 5.64. The summed E-state index contributed by atoms with van der Waals surface area (Å²) >= 11 is 0. The number of nitrogens with zero attached hydrogens (tertiary/aromatic N) is 3. The lowest BCUT2D eigenvalue weighted by Gasteiger charge is -2.52. The summed E-state index contributed by atoms with van der Waals surface area (Å²) in [5.74, 6) is 0. The topological polar surface area (TPSA) is 24.6 Å². The minimum atomic E-state index is -0.186. The van der Waals surface area contributed by atoms with Crippen LogP contribution >= 0.6 is 0 Å². The number of anilines is 5. The maximum atomic E-state index is 7.23. The van der Waals surface area contributed by atoms with E-state index in [0.717, 1.165) is 42.2 Å². The van der Waals surface area contributed by atoms with Gasteiger partial charge in [0.25, 0.3) is 6.71 Å². The van der Waals surface area contributed by atoms with Crippen LogP contribution in [0.15, 0.2) is 120 Å². The van der Waals surface area contributed by atoms with Crippen molar-refractivity contribution in [3.05, 3.63) is 160 Å². The van der Waals surface area contributed by atoms with Gasteiger partial charge in [0.1, 0.15) is 11.1 Å². The first kappa shape index (κ1) is 52.4. The van der Waals surface area contributed by atoms with Gasteiger partial charge in [-0.3, -0.25) is 0 Å². The number of rotatable bonds is 4. The summed E-state index contributed by atoms with van der Waals surface area (Å²) in [5.41, 5.74) is 30.5. The standard InChI is InChI=1S/C77H86BN3O/c1-45-36-47(70(2,3)4)24-27-52(45)46-37-59-68-60(38-46)78-61-40-48(71(5,6)7)39-54-66(61)80(67-53-22-18-19-23-64(53)82-69(54)67)62-43-51(44-63(65(62)78)81(68)77(17)31-21-20-30-76(59,77)16)79(49-25-28-55-57(41-49)74(12,13)34-32-72(55,8)9)50-26-29-56-58(42-50)75(14,15)35-33-73(56,10)11/h18-19,22-29,36-44H,20-21,30-35H2,1-17H3. The van der Waals surface area contributed by atoms with Gasteiger partial charge in [-0.15, -0.1) is 0 Å². The first-order chi connectivity index (χ1) is 38.5. The van der Waals surface area contributed by atoms with E-state index in [4.69, 9.17) is 4.42 Å². The fourth-order valence-electron chi connectivity index (χ4n) is 17.3. The van der Waals surface area contributed by atoms with E-state index in [-0.39, 0.29) is 50.2 Å². The van der Waals surface area contributed by atoms with Gasteiger partial charge in [-0.2, -0.15) is 0 Å². The first-order valence-electron chi connectivity index (χ1n) is 31.4. The number of benzene rings is 7. The third kappa shape index (κ3) is 6.98. The van der Waals surface area contributed by atoms with Crippen LogP contribution in [-0.4, -0.2) is 16.8 Å². The van der Waals surface area contributed by atoms with Gasteiger partial charge in [0.2, 0.25) is 0 Å². The highest BCUT2D eigenvalue weighted by Crippen LogP contribution is 2.63. The number of aryl methyl sites for hydroxylation is 1. The van der Waals surface area contributed by atoms with Crippen LogP contribution in [0.2, 0.25) is 0 Å². The van der Waals surface area contributed by atoms with E-state index in [1.807, 2.05) is 0 Å². The molecule has 3 aliphatic carbocycles. The Hall–Kier alpha value is -6.46. The second-order valence-electron chi connectivity index (χ2n) is 31.9. The zero-order chi connectivity index (χ0) is 57.5.